The van der Waals surface area contributed by atoms with E-state index in [1.165, 1.54) is 0 Å². The van der Waals surface area contributed by atoms with Crippen molar-refractivity contribution >= 4 is 22.5 Å². The van der Waals surface area contributed by atoms with Gasteiger partial charge < -0.3 is 4.90 Å². The van der Waals surface area contributed by atoms with Crippen molar-refractivity contribution in [2.24, 2.45) is 0 Å². The molecule has 2 aromatic heterocycles. The van der Waals surface area contributed by atoms with Crippen LogP contribution in [0.5, 0.6) is 0 Å². The molecule has 0 atom stereocenters. The minimum Gasteiger partial charge on any atom is -0.314 e. The molecule has 5 heteroatoms. The largest absolute Gasteiger partial charge is 0.314 e. The highest BCUT2D eigenvalue weighted by molar-refractivity contribution is 5.92. The summed E-state index contributed by atoms with van der Waals surface area (Å²) in [5.74, 6) is 7.33. The van der Waals surface area contributed by atoms with Crippen LogP contribution < -0.4 is 4.90 Å². The summed E-state index contributed by atoms with van der Waals surface area (Å²) in [5.41, 5.74) is 1.85. The molecule has 0 N–H and O–H groups in total. The Morgan fingerprint density at radius 2 is 2.17 bits per heavy atom. The number of nitrogens with zero attached hydrogens (tertiary/aromatic N) is 5. The van der Waals surface area contributed by atoms with Gasteiger partial charge in [-0.1, -0.05) is 37.3 Å². The number of aromatic nitrogens is 4. The van der Waals surface area contributed by atoms with E-state index < -0.39 is 0 Å². The van der Waals surface area contributed by atoms with E-state index in [4.69, 9.17) is 4.98 Å². The zero-order chi connectivity index (χ0) is 16.9. The van der Waals surface area contributed by atoms with Crippen LogP contribution >= 0.6 is 0 Å². The lowest BCUT2D eigenvalue weighted by Crippen LogP contribution is -2.23. The summed E-state index contributed by atoms with van der Waals surface area (Å²) in [6.07, 6.45) is 7.04. The van der Waals surface area contributed by atoms with E-state index in [0.29, 0.717) is 12.3 Å². The first-order valence-corrected chi connectivity index (χ1v) is 7.51. The maximum Gasteiger partial charge on any atom is 0.257 e. The fourth-order valence-corrected chi connectivity index (χ4v) is 2.54. The van der Waals surface area contributed by atoms with Crippen LogP contribution in [0.15, 0.2) is 67.7 Å². The number of fused-ring (bicyclic) bond motifs is 3. The summed E-state index contributed by atoms with van der Waals surface area (Å²) in [7, 11) is 0. The SMILES string of the molecule is C=C/C=C(\C=C)N(CC#CC)c1nc2nncn2c2ccccc12. The molecular weight excluding hydrogens is 298 g/mol. The van der Waals surface area contributed by atoms with Gasteiger partial charge in [-0.25, -0.2) is 0 Å². The molecule has 0 amide bonds. The van der Waals surface area contributed by atoms with Crippen molar-refractivity contribution in [3.8, 4) is 11.8 Å². The molecule has 118 valence electrons. The number of anilines is 1. The molecule has 2 heterocycles. The minimum absolute atomic E-state index is 0.490. The van der Waals surface area contributed by atoms with Crippen molar-refractivity contribution in [2.75, 3.05) is 11.4 Å². The molecule has 0 saturated carbocycles. The first-order chi connectivity index (χ1) is 11.8. The van der Waals surface area contributed by atoms with Crippen molar-refractivity contribution in [3.63, 3.8) is 0 Å². The van der Waals surface area contributed by atoms with E-state index in [0.717, 1.165) is 22.4 Å². The van der Waals surface area contributed by atoms with E-state index in [2.05, 4.69) is 35.2 Å². The van der Waals surface area contributed by atoms with Gasteiger partial charge in [-0.15, -0.1) is 16.1 Å². The van der Waals surface area contributed by atoms with Crippen LogP contribution in [-0.2, 0) is 0 Å². The van der Waals surface area contributed by atoms with E-state index in [1.807, 2.05) is 46.6 Å². The second kappa shape index (κ2) is 6.80. The number of benzene rings is 1. The molecule has 1 aromatic carbocycles. The highest BCUT2D eigenvalue weighted by atomic mass is 15.3. The van der Waals surface area contributed by atoms with Gasteiger partial charge in [0, 0.05) is 11.1 Å². The van der Waals surface area contributed by atoms with Crippen LogP contribution in [0.2, 0.25) is 0 Å². The number of hydrogen-bond donors (Lipinski definition) is 0. The molecule has 3 aromatic rings. The van der Waals surface area contributed by atoms with Gasteiger partial charge >= 0.3 is 0 Å². The van der Waals surface area contributed by atoms with Gasteiger partial charge in [0.2, 0.25) is 0 Å². The summed E-state index contributed by atoms with van der Waals surface area (Å²) in [6.45, 7) is 9.98. The Bertz CT molecular complexity index is 1000. The molecule has 0 aliphatic carbocycles. The van der Waals surface area contributed by atoms with Crippen molar-refractivity contribution in [3.05, 3.63) is 67.7 Å². The summed E-state index contributed by atoms with van der Waals surface area (Å²) >= 11 is 0. The Morgan fingerprint density at radius 3 is 2.92 bits per heavy atom. The quantitative estimate of drug-likeness (QED) is 0.535. The van der Waals surface area contributed by atoms with Crippen LogP contribution in [0.4, 0.5) is 5.82 Å². The average molecular weight is 315 g/mol. The average Bonchev–Trinajstić information content (AvgIpc) is 3.09. The second-order valence-corrected chi connectivity index (χ2v) is 5.00. The lowest BCUT2D eigenvalue weighted by atomic mass is 10.2. The smallest absolute Gasteiger partial charge is 0.257 e. The molecule has 3 rings (SSSR count). The molecule has 24 heavy (non-hydrogen) atoms. The monoisotopic (exact) mass is 315 g/mol. The lowest BCUT2D eigenvalue weighted by molar-refractivity contribution is 1.01. The zero-order valence-corrected chi connectivity index (χ0v) is 13.5. The predicted octanol–water partition coefficient (Wildman–Crippen LogP) is 3.36. The first kappa shape index (κ1) is 15.5. The molecule has 5 nitrogen and oxygen atoms in total. The fourth-order valence-electron chi connectivity index (χ4n) is 2.54. The maximum absolute atomic E-state index is 4.69. The topological polar surface area (TPSA) is 46.3 Å². The molecule has 0 radical (unpaired) electrons. The molecule has 0 aliphatic heterocycles. The highest BCUT2D eigenvalue weighted by Gasteiger charge is 2.16. The maximum atomic E-state index is 4.69. The van der Waals surface area contributed by atoms with Crippen molar-refractivity contribution < 1.29 is 0 Å². The van der Waals surface area contributed by atoms with Crippen LogP contribution in [0, 0.1) is 11.8 Å². The number of rotatable bonds is 5. The molecular formula is C19H17N5. The highest BCUT2D eigenvalue weighted by Crippen LogP contribution is 2.28. The first-order valence-electron chi connectivity index (χ1n) is 7.51. The normalized spacial score (nSPS) is 11.1. The third-order valence-electron chi connectivity index (χ3n) is 3.62. The number of para-hydroxylation sites is 1. The van der Waals surface area contributed by atoms with Gasteiger partial charge in [-0.05, 0) is 31.2 Å². The van der Waals surface area contributed by atoms with E-state index in [1.54, 1.807) is 18.5 Å². The molecule has 0 fully saturated rings. The van der Waals surface area contributed by atoms with Crippen molar-refractivity contribution in [1.29, 1.82) is 0 Å². The summed E-state index contributed by atoms with van der Waals surface area (Å²) in [4.78, 5) is 6.69. The van der Waals surface area contributed by atoms with Gasteiger partial charge in [-0.2, -0.15) is 4.98 Å². The van der Waals surface area contributed by atoms with Crippen LogP contribution in [0.25, 0.3) is 16.7 Å². The van der Waals surface area contributed by atoms with Gasteiger partial charge in [-0.3, -0.25) is 4.40 Å². The van der Waals surface area contributed by atoms with E-state index in [9.17, 15) is 0 Å². The van der Waals surface area contributed by atoms with Crippen LogP contribution in [-0.4, -0.2) is 26.1 Å². The van der Waals surface area contributed by atoms with Gasteiger partial charge in [0.1, 0.15) is 12.1 Å². The number of allylic oxidation sites excluding steroid dienone is 3. The van der Waals surface area contributed by atoms with E-state index in [-0.39, 0.29) is 0 Å². The molecule has 0 unspecified atom stereocenters. The van der Waals surface area contributed by atoms with E-state index >= 15 is 0 Å². The van der Waals surface area contributed by atoms with Gasteiger partial charge in [0.15, 0.2) is 0 Å². The summed E-state index contributed by atoms with van der Waals surface area (Å²) in [5, 5.41) is 9.05. The zero-order valence-electron chi connectivity index (χ0n) is 13.5. The van der Waals surface area contributed by atoms with Crippen LogP contribution in [0.3, 0.4) is 0 Å². The van der Waals surface area contributed by atoms with Crippen molar-refractivity contribution in [2.45, 2.75) is 6.92 Å². The van der Waals surface area contributed by atoms with Gasteiger partial charge in [0.25, 0.3) is 5.78 Å². The standard InChI is InChI=1S/C19H17N5/c1-4-7-13-23(15(6-3)10-5-2)18-16-11-8-9-12-17(16)24-14-20-22-19(24)21-18/h5-6,8-12,14H,2-3,13H2,1H3/b15-10+. The Hall–Kier alpha value is -3.39. The Labute approximate surface area is 140 Å². The van der Waals surface area contributed by atoms with Crippen LogP contribution in [0.1, 0.15) is 6.92 Å². The second-order valence-electron chi connectivity index (χ2n) is 5.00. The third kappa shape index (κ3) is 2.66. The Kier molecular flexibility index (Phi) is 4.39. The molecule has 0 spiro atoms. The molecule has 0 bridgehead atoms. The predicted molar refractivity (Wildman–Crippen MR) is 97.6 cm³/mol. The Morgan fingerprint density at radius 1 is 1.33 bits per heavy atom. The third-order valence-corrected chi connectivity index (χ3v) is 3.62. The fraction of sp³-hybridized carbons (Fsp3) is 0.105. The minimum atomic E-state index is 0.490. The van der Waals surface area contributed by atoms with Crippen molar-refractivity contribution in [1.82, 2.24) is 19.6 Å². The molecule has 0 saturated heterocycles. The number of hydrogen-bond acceptors (Lipinski definition) is 4. The molecule has 0 aliphatic rings. The van der Waals surface area contributed by atoms with Gasteiger partial charge in [0.05, 0.1) is 12.1 Å². The Balaban J connectivity index is 2.32. The summed E-state index contributed by atoms with van der Waals surface area (Å²) < 4.78 is 1.87. The summed E-state index contributed by atoms with van der Waals surface area (Å²) in [6, 6.07) is 8.01. The lowest BCUT2D eigenvalue weighted by Gasteiger charge is -2.24.